The summed E-state index contributed by atoms with van der Waals surface area (Å²) in [6.45, 7) is 1.80. The molecule has 0 unspecified atom stereocenters. The van der Waals surface area contributed by atoms with E-state index in [0.29, 0.717) is 10.9 Å². The second-order valence-electron chi connectivity index (χ2n) is 5.76. The molecule has 128 valence electrons. The fourth-order valence-electron chi connectivity index (χ4n) is 2.65. The van der Waals surface area contributed by atoms with Gasteiger partial charge in [0.2, 0.25) is 5.91 Å². The van der Waals surface area contributed by atoms with Crippen molar-refractivity contribution < 1.29 is 9.53 Å². The van der Waals surface area contributed by atoms with Crippen LogP contribution in [0.4, 0.5) is 0 Å². The molecule has 1 atom stereocenters. The van der Waals surface area contributed by atoms with Gasteiger partial charge in [-0.1, -0.05) is 24.3 Å². The number of benzene rings is 2. The van der Waals surface area contributed by atoms with E-state index < -0.39 is 0 Å². The van der Waals surface area contributed by atoms with Crippen LogP contribution in [0.1, 0.15) is 18.5 Å². The van der Waals surface area contributed by atoms with Crippen molar-refractivity contribution >= 4 is 16.8 Å². The van der Waals surface area contributed by atoms with Gasteiger partial charge in [0.05, 0.1) is 30.4 Å². The van der Waals surface area contributed by atoms with Crippen molar-refractivity contribution in [3.05, 3.63) is 70.8 Å². The Hall–Kier alpha value is -3.15. The van der Waals surface area contributed by atoms with Gasteiger partial charge in [-0.05, 0) is 36.8 Å². The van der Waals surface area contributed by atoms with Gasteiger partial charge in [-0.15, -0.1) is 0 Å². The minimum absolute atomic E-state index is 0.0784. The Morgan fingerprint density at radius 2 is 2.04 bits per heavy atom. The number of carbonyl (C=O) groups excluding carboxylic acids is 1. The first kappa shape index (κ1) is 16.7. The van der Waals surface area contributed by atoms with Gasteiger partial charge in [-0.2, -0.15) is 0 Å². The number of hydrogen-bond acceptors (Lipinski definition) is 4. The number of nitrogens with one attached hydrogen (secondary N) is 1. The van der Waals surface area contributed by atoms with Crippen LogP contribution in [0.2, 0.25) is 0 Å². The standard InChI is InChI=1S/C19H19N3O3/c1-13(14-6-5-7-15(10-14)25-2)21-18(23)11-22-12-20-17-9-4-3-8-16(17)19(22)24/h3-10,12-13H,11H2,1-2H3,(H,21,23)/t13-/m1/s1. The predicted octanol–water partition coefficient (Wildman–Crippen LogP) is 2.28. The van der Waals surface area contributed by atoms with Gasteiger partial charge in [0.25, 0.3) is 5.56 Å². The molecule has 0 radical (unpaired) electrons. The molecule has 0 bridgehead atoms. The Morgan fingerprint density at radius 3 is 2.84 bits per heavy atom. The lowest BCUT2D eigenvalue weighted by Gasteiger charge is -2.15. The highest BCUT2D eigenvalue weighted by atomic mass is 16.5. The summed E-state index contributed by atoms with van der Waals surface area (Å²) in [6, 6.07) is 14.4. The van der Waals surface area contributed by atoms with Gasteiger partial charge >= 0.3 is 0 Å². The molecule has 1 amide bonds. The van der Waals surface area contributed by atoms with Crippen molar-refractivity contribution in [2.75, 3.05) is 7.11 Å². The summed E-state index contributed by atoms with van der Waals surface area (Å²) in [5.41, 5.74) is 1.32. The molecule has 0 saturated carbocycles. The fourth-order valence-corrected chi connectivity index (χ4v) is 2.65. The number of amides is 1. The first-order valence-corrected chi connectivity index (χ1v) is 7.96. The van der Waals surface area contributed by atoms with E-state index >= 15 is 0 Å². The fraction of sp³-hybridized carbons (Fsp3) is 0.211. The lowest BCUT2D eigenvalue weighted by atomic mass is 10.1. The molecular weight excluding hydrogens is 318 g/mol. The molecule has 0 aliphatic heterocycles. The monoisotopic (exact) mass is 337 g/mol. The van der Waals surface area contributed by atoms with Crippen molar-refractivity contribution in [3.63, 3.8) is 0 Å². The molecule has 6 heteroatoms. The van der Waals surface area contributed by atoms with E-state index in [-0.39, 0.29) is 24.1 Å². The Balaban J connectivity index is 1.74. The summed E-state index contributed by atoms with van der Waals surface area (Å²) in [5.74, 6) is 0.475. The summed E-state index contributed by atoms with van der Waals surface area (Å²) in [6.07, 6.45) is 1.40. The minimum Gasteiger partial charge on any atom is -0.497 e. The molecule has 1 N–H and O–H groups in total. The quantitative estimate of drug-likeness (QED) is 0.775. The molecule has 25 heavy (non-hydrogen) atoms. The molecule has 1 aromatic heterocycles. The number of rotatable bonds is 5. The summed E-state index contributed by atoms with van der Waals surface area (Å²) < 4.78 is 6.51. The predicted molar refractivity (Wildman–Crippen MR) is 95.6 cm³/mol. The molecule has 6 nitrogen and oxygen atoms in total. The number of carbonyl (C=O) groups is 1. The first-order valence-electron chi connectivity index (χ1n) is 7.96. The summed E-state index contributed by atoms with van der Waals surface area (Å²) >= 11 is 0. The molecule has 0 fully saturated rings. The highest BCUT2D eigenvalue weighted by Gasteiger charge is 2.12. The zero-order chi connectivity index (χ0) is 17.8. The van der Waals surface area contributed by atoms with Crippen LogP contribution >= 0.6 is 0 Å². The Labute approximate surface area is 145 Å². The Kier molecular flexibility index (Phi) is 4.79. The van der Waals surface area contributed by atoms with Crippen LogP contribution in [0.3, 0.4) is 0 Å². The van der Waals surface area contributed by atoms with E-state index in [4.69, 9.17) is 4.74 Å². The first-order chi connectivity index (χ1) is 12.1. The van der Waals surface area contributed by atoms with E-state index in [9.17, 15) is 9.59 Å². The normalized spacial score (nSPS) is 11.9. The lowest BCUT2D eigenvalue weighted by molar-refractivity contribution is -0.122. The van der Waals surface area contributed by atoms with Gasteiger partial charge in [0.1, 0.15) is 12.3 Å². The topological polar surface area (TPSA) is 73.2 Å². The number of methoxy groups -OCH3 is 1. The highest BCUT2D eigenvalue weighted by Crippen LogP contribution is 2.18. The zero-order valence-electron chi connectivity index (χ0n) is 14.1. The van der Waals surface area contributed by atoms with Crippen LogP contribution < -0.4 is 15.6 Å². The third-order valence-corrected chi connectivity index (χ3v) is 4.02. The molecule has 0 spiro atoms. The number of ether oxygens (including phenoxy) is 1. The number of hydrogen-bond donors (Lipinski definition) is 1. The van der Waals surface area contributed by atoms with E-state index in [1.54, 1.807) is 25.3 Å². The van der Waals surface area contributed by atoms with Gasteiger partial charge in [0, 0.05) is 0 Å². The lowest BCUT2D eigenvalue weighted by Crippen LogP contribution is -2.34. The molecule has 3 rings (SSSR count). The maximum Gasteiger partial charge on any atom is 0.261 e. The number of fused-ring (bicyclic) bond motifs is 1. The number of aromatic nitrogens is 2. The molecule has 0 saturated heterocycles. The van der Waals surface area contributed by atoms with Crippen LogP contribution in [0.5, 0.6) is 5.75 Å². The smallest absolute Gasteiger partial charge is 0.261 e. The number of nitrogens with zero attached hydrogens (tertiary/aromatic N) is 2. The van der Waals surface area contributed by atoms with Crippen LogP contribution in [-0.2, 0) is 11.3 Å². The minimum atomic E-state index is -0.255. The van der Waals surface area contributed by atoms with Crippen molar-refractivity contribution in [3.8, 4) is 5.75 Å². The Bertz CT molecular complexity index is 965. The largest absolute Gasteiger partial charge is 0.497 e. The highest BCUT2D eigenvalue weighted by molar-refractivity contribution is 5.79. The van der Waals surface area contributed by atoms with Crippen LogP contribution in [0.25, 0.3) is 10.9 Å². The van der Waals surface area contributed by atoms with Crippen LogP contribution in [0, 0.1) is 0 Å². The van der Waals surface area contributed by atoms with Gasteiger partial charge in [-0.3, -0.25) is 14.2 Å². The van der Waals surface area contributed by atoms with Crippen molar-refractivity contribution in [1.82, 2.24) is 14.9 Å². The van der Waals surface area contributed by atoms with Crippen LogP contribution in [0.15, 0.2) is 59.7 Å². The van der Waals surface area contributed by atoms with Crippen molar-refractivity contribution in [2.45, 2.75) is 19.5 Å². The molecule has 3 aromatic rings. The maximum atomic E-state index is 12.4. The second-order valence-corrected chi connectivity index (χ2v) is 5.76. The molecule has 2 aromatic carbocycles. The average molecular weight is 337 g/mol. The SMILES string of the molecule is COc1cccc([C@@H](C)NC(=O)Cn2cnc3ccccc3c2=O)c1. The van der Waals surface area contributed by atoms with E-state index in [2.05, 4.69) is 10.3 Å². The molecule has 0 aliphatic rings. The van der Waals surface area contributed by atoms with E-state index in [1.807, 2.05) is 37.3 Å². The van der Waals surface area contributed by atoms with E-state index in [1.165, 1.54) is 10.9 Å². The summed E-state index contributed by atoms with van der Waals surface area (Å²) in [7, 11) is 1.60. The maximum absolute atomic E-state index is 12.4. The molecule has 1 heterocycles. The summed E-state index contributed by atoms with van der Waals surface area (Å²) in [5, 5.41) is 3.39. The summed E-state index contributed by atoms with van der Waals surface area (Å²) in [4.78, 5) is 29.0. The zero-order valence-corrected chi connectivity index (χ0v) is 14.1. The van der Waals surface area contributed by atoms with E-state index in [0.717, 1.165) is 11.3 Å². The third-order valence-electron chi connectivity index (χ3n) is 4.02. The Morgan fingerprint density at radius 1 is 1.24 bits per heavy atom. The van der Waals surface area contributed by atoms with Crippen molar-refractivity contribution in [2.24, 2.45) is 0 Å². The van der Waals surface area contributed by atoms with Crippen LogP contribution in [-0.4, -0.2) is 22.6 Å². The number of para-hydroxylation sites is 1. The second kappa shape index (κ2) is 7.17. The van der Waals surface area contributed by atoms with Gasteiger partial charge in [0.15, 0.2) is 0 Å². The molecule has 0 aliphatic carbocycles. The van der Waals surface area contributed by atoms with Gasteiger partial charge in [-0.25, -0.2) is 4.98 Å². The molecular formula is C19H19N3O3. The van der Waals surface area contributed by atoms with Crippen molar-refractivity contribution in [1.29, 1.82) is 0 Å². The average Bonchev–Trinajstić information content (AvgIpc) is 2.64. The third kappa shape index (κ3) is 3.68. The van der Waals surface area contributed by atoms with Gasteiger partial charge < -0.3 is 10.1 Å².